The van der Waals surface area contributed by atoms with Crippen LogP contribution in [0.1, 0.15) is 26.7 Å². The lowest BCUT2D eigenvalue weighted by Crippen LogP contribution is -2.40. The van der Waals surface area contributed by atoms with Crippen LogP contribution in [0.3, 0.4) is 0 Å². The first-order valence-corrected chi connectivity index (χ1v) is 5.06. The third-order valence-corrected chi connectivity index (χ3v) is 2.22. The van der Waals surface area contributed by atoms with Crippen molar-refractivity contribution in [2.45, 2.75) is 32.7 Å². The predicted octanol–water partition coefficient (Wildman–Crippen LogP) is 0.735. The van der Waals surface area contributed by atoms with E-state index in [4.69, 9.17) is 9.84 Å². The number of rotatable bonds is 7. The standard InChI is InChI=1S/C10H19NO4/c1-4-15-7-5-6-9(12)11(3)8(2)10(13)14/h8H,4-7H2,1-3H3,(H,13,14). The molecule has 5 heteroatoms. The Kier molecular flexibility index (Phi) is 6.70. The molecule has 0 aliphatic heterocycles. The molecule has 0 aromatic carbocycles. The number of carboxylic acid groups (broad SMARTS) is 1. The van der Waals surface area contributed by atoms with E-state index in [0.717, 1.165) is 0 Å². The molecule has 0 spiro atoms. The second-order valence-corrected chi connectivity index (χ2v) is 3.32. The number of nitrogens with zero attached hydrogens (tertiary/aromatic N) is 1. The van der Waals surface area contributed by atoms with E-state index in [1.54, 1.807) is 0 Å². The van der Waals surface area contributed by atoms with Gasteiger partial charge in [-0.15, -0.1) is 0 Å². The van der Waals surface area contributed by atoms with Crippen LogP contribution in [0, 0.1) is 0 Å². The molecular weight excluding hydrogens is 198 g/mol. The fourth-order valence-electron chi connectivity index (χ4n) is 1.03. The number of carbonyl (C=O) groups excluding carboxylic acids is 1. The summed E-state index contributed by atoms with van der Waals surface area (Å²) in [6.45, 7) is 4.55. The van der Waals surface area contributed by atoms with Crippen molar-refractivity contribution in [1.29, 1.82) is 0 Å². The van der Waals surface area contributed by atoms with Crippen molar-refractivity contribution < 1.29 is 19.4 Å². The fraction of sp³-hybridized carbons (Fsp3) is 0.800. The zero-order valence-electron chi connectivity index (χ0n) is 9.52. The van der Waals surface area contributed by atoms with E-state index >= 15 is 0 Å². The van der Waals surface area contributed by atoms with Gasteiger partial charge in [-0.1, -0.05) is 0 Å². The van der Waals surface area contributed by atoms with Gasteiger partial charge >= 0.3 is 5.97 Å². The second kappa shape index (κ2) is 7.23. The Morgan fingerprint density at radius 1 is 1.47 bits per heavy atom. The van der Waals surface area contributed by atoms with Crippen LogP contribution in [0.5, 0.6) is 0 Å². The van der Waals surface area contributed by atoms with Crippen molar-refractivity contribution in [2.75, 3.05) is 20.3 Å². The molecule has 15 heavy (non-hydrogen) atoms. The fourth-order valence-corrected chi connectivity index (χ4v) is 1.03. The van der Waals surface area contributed by atoms with Crippen LogP contribution in [0.2, 0.25) is 0 Å². The molecule has 0 radical (unpaired) electrons. The number of ether oxygens (including phenoxy) is 1. The van der Waals surface area contributed by atoms with Gasteiger partial charge in [-0.2, -0.15) is 0 Å². The minimum atomic E-state index is -0.990. The van der Waals surface area contributed by atoms with Crippen LogP contribution in [0.4, 0.5) is 0 Å². The van der Waals surface area contributed by atoms with Crippen LogP contribution < -0.4 is 0 Å². The molecule has 1 N–H and O–H groups in total. The molecular formula is C10H19NO4. The number of hydrogen-bond acceptors (Lipinski definition) is 3. The van der Waals surface area contributed by atoms with Gasteiger partial charge in [-0.25, -0.2) is 4.79 Å². The Morgan fingerprint density at radius 3 is 2.53 bits per heavy atom. The van der Waals surface area contributed by atoms with Gasteiger partial charge in [-0.05, 0) is 20.3 Å². The van der Waals surface area contributed by atoms with Crippen molar-refractivity contribution in [2.24, 2.45) is 0 Å². The number of hydrogen-bond donors (Lipinski definition) is 1. The zero-order valence-corrected chi connectivity index (χ0v) is 9.52. The minimum Gasteiger partial charge on any atom is -0.480 e. The van der Waals surface area contributed by atoms with Crippen molar-refractivity contribution in [1.82, 2.24) is 4.90 Å². The third kappa shape index (κ3) is 5.37. The molecule has 0 rings (SSSR count). The van der Waals surface area contributed by atoms with Gasteiger partial charge in [0.15, 0.2) is 0 Å². The smallest absolute Gasteiger partial charge is 0.326 e. The van der Waals surface area contributed by atoms with Gasteiger partial charge in [0.2, 0.25) is 5.91 Å². The lowest BCUT2D eigenvalue weighted by atomic mass is 10.2. The number of carboxylic acids is 1. The maximum absolute atomic E-state index is 11.5. The van der Waals surface area contributed by atoms with Crippen LogP contribution in [0.25, 0.3) is 0 Å². The minimum absolute atomic E-state index is 0.162. The normalized spacial score (nSPS) is 12.2. The molecule has 0 fully saturated rings. The topological polar surface area (TPSA) is 66.8 Å². The summed E-state index contributed by atoms with van der Waals surface area (Å²) in [5.41, 5.74) is 0. The highest BCUT2D eigenvalue weighted by Crippen LogP contribution is 2.01. The van der Waals surface area contributed by atoms with Crippen molar-refractivity contribution in [3.8, 4) is 0 Å². The molecule has 0 saturated heterocycles. The van der Waals surface area contributed by atoms with Crippen LogP contribution in [0.15, 0.2) is 0 Å². The Morgan fingerprint density at radius 2 is 2.07 bits per heavy atom. The average Bonchev–Trinajstić information content (AvgIpc) is 2.21. The maximum atomic E-state index is 11.5. The molecule has 0 aromatic heterocycles. The van der Waals surface area contributed by atoms with Gasteiger partial charge in [0, 0.05) is 26.7 Å². The van der Waals surface area contributed by atoms with E-state index in [1.165, 1.54) is 18.9 Å². The van der Waals surface area contributed by atoms with E-state index in [2.05, 4.69) is 0 Å². The maximum Gasteiger partial charge on any atom is 0.326 e. The number of likely N-dealkylation sites (N-methyl/N-ethyl adjacent to an activating group) is 1. The Bertz CT molecular complexity index is 217. The molecule has 0 aromatic rings. The molecule has 88 valence electrons. The molecule has 1 amide bonds. The van der Waals surface area contributed by atoms with Gasteiger partial charge < -0.3 is 14.7 Å². The SMILES string of the molecule is CCOCCCC(=O)N(C)C(C)C(=O)O. The van der Waals surface area contributed by atoms with Crippen molar-refractivity contribution in [3.05, 3.63) is 0 Å². The summed E-state index contributed by atoms with van der Waals surface area (Å²) in [7, 11) is 1.50. The predicted molar refractivity (Wildman–Crippen MR) is 55.6 cm³/mol. The number of carbonyl (C=O) groups is 2. The summed E-state index contributed by atoms with van der Waals surface area (Å²) >= 11 is 0. The monoisotopic (exact) mass is 217 g/mol. The first-order valence-electron chi connectivity index (χ1n) is 5.06. The van der Waals surface area contributed by atoms with E-state index in [0.29, 0.717) is 26.1 Å². The lowest BCUT2D eigenvalue weighted by molar-refractivity contribution is -0.148. The third-order valence-electron chi connectivity index (χ3n) is 2.22. The van der Waals surface area contributed by atoms with Gasteiger partial charge in [-0.3, -0.25) is 4.79 Å². The van der Waals surface area contributed by atoms with Crippen LogP contribution >= 0.6 is 0 Å². The summed E-state index contributed by atoms with van der Waals surface area (Å²) in [5.74, 6) is -1.15. The summed E-state index contributed by atoms with van der Waals surface area (Å²) in [5, 5.41) is 8.69. The molecule has 0 heterocycles. The molecule has 0 aliphatic carbocycles. The molecule has 1 atom stereocenters. The number of aliphatic carboxylic acids is 1. The Balaban J connectivity index is 3.84. The van der Waals surface area contributed by atoms with Crippen LogP contribution in [-0.2, 0) is 14.3 Å². The van der Waals surface area contributed by atoms with E-state index < -0.39 is 12.0 Å². The Hall–Kier alpha value is -1.10. The van der Waals surface area contributed by atoms with Crippen molar-refractivity contribution >= 4 is 11.9 Å². The highest BCUT2D eigenvalue weighted by molar-refractivity contribution is 5.83. The lowest BCUT2D eigenvalue weighted by Gasteiger charge is -2.21. The average molecular weight is 217 g/mol. The van der Waals surface area contributed by atoms with E-state index in [-0.39, 0.29) is 5.91 Å². The molecule has 1 unspecified atom stereocenters. The van der Waals surface area contributed by atoms with Gasteiger partial charge in [0.1, 0.15) is 6.04 Å². The molecule has 0 aliphatic rings. The quantitative estimate of drug-likeness (QED) is 0.638. The zero-order chi connectivity index (χ0) is 11.8. The van der Waals surface area contributed by atoms with Crippen molar-refractivity contribution in [3.63, 3.8) is 0 Å². The van der Waals surface area contributed by atoms with E-state index in [1.807, 2.05) is 6.92 Å². The first-order chi connectivity index (χ1) is 7.00. The largest absolute Gasteiger partial charge is 0.480 e. The second-order valence-electron chi connectivity index (χ2n) is 3.32. The summed E-state index contributed by atoms with van der Waals surface area (Å²) in [6, 6.07) is -0.774. The van der Waals surface area contributed by atoms with Gasteiger partial charge in [0.25, 0.3) is 0 Å². The molecule has 0 bridgehead atoms. The molecule has 0 saturated carbocycles. The highest BCUT2D eigenvalue weighted by Gasteiger charge is 2.20. The first kappa shape index (κ1) is 13.9. The summed E-state index contributed by atoms with van der Waals surface area (Å²) in [6.07, 6.45) is 0.956. The van der Waals surface area contributed by atoms with E-state index in [9.17, 15) is 9.59 Å². The Labute approximate surface area is 90.0 Å². The molecule has 5 nitrogen and oxygen atoms in total. The summed E-state index contributed by atoms with van der Waals surface area (Å²) in [4.78, 5) is 23.3. The highest BCUT2D eigenvalue weighted by atomic mass is 16.5. The van der Waals surface area contributed by atoms with Crippen LogP contribution in [-0.4, -0.2) is 48.2 Å². The summed E-state index contributed by atoms with van der Waals surface area (Å²) < 4.78 is 5.08. The van der Waals surface area contributed by atoms with Gasteiger partial charge in [0.05, 0.1) is 0 Å². The number of amides is 1.